The molecule has 0 aromatic heterocycles. The van der Waals surface area contributed by atoms with Crippen molar-refractivity contribution in [2.24, 2.45) is 0 Å². The summed E-state index contributed by atoms with van der Waals surface area (Å²) in [6.07, 6.45) is 24.4. The highest BCUT2D eigenvalue weighted by Gasteiger charge is 2.14. The molecule has 0 saturated carbocycles. The van der Waals surface area contributed by atoms with Gasteiger partial charge in [0.05, 0.1) is 6.26 Å². The lowest BCUT2D eigenvalue weighted by Crippen LogP contribution is -2.17. The molecule has 2 nitrogen and oxygen atoms in total. The Morgan fingerprint density at radius 3 is 1.33 bits per heavy atom. The van der Waals surface area contributed by atoms with Gasteiger partial charge >= 0.3 is 5.97 Å². The van der Waals surface area contributed by atoms with Gasteiger partial charge in [0, 0.05) is 0 Å². The van der Waals surface area contributed by atoms with Gasteiger partial charge in [-0.05, 0) is 23.7 Å². The van der Waals surface area contributed by atoms with Gasteiger partial charge in [0.2, 0.25) is 5.75 Å². The molecule has 0 amide bonds. The largest absolute Gasteiger partial charge is 0.478 e. The molecule has 0 aliphatic heterocycles. The van der Waals surface area contributed by atoms with Crippen LogP contribution in [0.15, 0.2) is 0 Å². The molecular weight excluding hydrogens is 316 g/mol. The molecule has 0 bridgehead atoms. The van der Waals surface area contributed by atoms with Crippen LogP contribution in [-0.2, 0) is 15.7 Å². The van der Waals surface area contributed by atoms with Crippen LogP contribution in [-0.4, -0.2) is 28.8 Å². The third-order valence-electron chi connectivity index (χ3n) is 4.72. The Labute approximate surface area is 154 Å². The van der Waals surface area contributed by atoms with Crippen molar-refractivity contribution in [3.8, 4) is 0 Å². The summed E-state index contributed by atoms with van der Waals surface area (Å²) < 4.78 is 0. The highest BCUT2D eigenvalue weighted by Crippen LogP contribution is 2.13. The molecule has 144 valence electrons. The van der Waals surface area contributed by atoms with Crippen LogP contribution in [0.3, 0.4) is 0 Å². The van der Waals surface area contributed by atoms with Crippen LogP contribution >= 0.6 is 0 Å². The summed E-state index contributed by atoms with van der Waals surface area (Å²) in [6, 6.07) is 0. The number of carboxylic acids is 1. The fourth-order valence-corrected chi connectivity index (χ4v) is 4.44. The molecule has 1 N–H and O–H groups in total. The Hall–Kier alpha value is -0.180. The lowest BCUT2D eigenvalue weighted by molar-refractivity contribution is -0.133. The van der Waals surface area contributed by atoms with Crippen LogP contribution in [0.25, 0.3) is 0 Å². The molecule has 0 spiro atoms. The van der Waals surface area contributed by atoms with E-state index in [4.69, 9.17) is 5.11 Å². The van der Waals surface area contributed by atoms with E-state index in [9.17, 15) is 4.79 Å². The van der Waals surface area contributed by atoms with E-state index in [1.54, 1.807) is 0 Å². The Bertz CT molecular complexity index is 269. The van der Waals surface area contributed by atoms with Crippen molar-refractivity contribution in [3.63, 3.8) is 0 Å². The molecule has 3 heteroatoms. The number of aliphatic carboxylic acids is 1. The summed E-state index contributed by atoms with van der Waals surface area (Å²) >= 11 is 0. The van der Waals surface area contributed by atoms with Crippen LogP contribution in [0.2, 0.25) is 0 Å². The molecule has 0 aromatic rings. The fourth-order valence-electron chi connectivity index (χ4n) is 3.18. The van der Waals surface area contributed by atoms with E-state index >= 15 is 0 Å². The predicted octanol–water partition coefficient (Wildman–Crippen LogP) is 6.58. The van der Waals surface area contributed by atoms with E-state index < -0.39 is 5.97 Å². The van der Waals surface area contributed by atoms with Crippen LogP contribution in [0.4, 0.5) is 0 Å². The molecule has 0 saturated heterocycles. The smallest absolute Gasteiger partial charge is 0.353 e. The first-order valence-corrected chi connectivity index (χ1v) is 12.4. The van der Waals surface area contributed by atoms with Crippen LogP contribution in [0, 0.1) is 0 Å². The van der Waals surface area contributed by atoms with Gasteiger partial charge in [-0.25, -0.2) is 4.79 Å². The number of hydrogen-bond donors (Lipinski definition) is 1. The third-order valence-corrected chi connectivity index (χ3v) is 6.44. The van der Waals surface area contributed by atoms with E-state index in [1.807, 2.05) is 0 Å². The highest BCUT2D eigenvalue weighted by molar-refractivity contribution is 7.96. The average molecular weight is 360 g/mol. The summed E-state index contributed by atoms with van der Waals surface area (Å²) in [5, 5.41) is 8.73. The minimum atomic E-state index is -0.641. The number of carboxylic acid groups (broad SMARTS) is 1. The first kappa shape index (κ1) is 23.8. The molecule has 24 heavy (non-hydrogen) atoms. The van der Waals surface area contributed by atoms with Gasteiger partial charge in [0.15, 0.2) is 0 Å². The van der Waals surface area contributed by atoms with Crippen molar-refractivity contribution < 1.29 is 9.90 Å². The van der Waals surface area contributed by atoms with Crippen molar-refractivity contribution in [1.29, 1.82) is 0 Å². The third kappa shape index (κ3) is 19.9. The minimum absolute atomic E-state index is 0.0829. The lowest BCUT2D eigenvalue weighted by Gasteiger charge is -2.04. The molecule has 0 fully saturated rings. The summed E-state index contributed by atoms with van der Waals surface area (Å²) in [7, 11) is 0.0829. The van der Waals surface area contributed by atoms with Crippen molar-refractivity contribution in [2.75, 3.05) is 17.8 Å². The van der Waals surface area contributed by atoms with Gasteiger partial charge < -0.3 is 5.11 Å². The second-order valence-corrected chi connectivity index (χ2v) is 9.59. The van der Waals surface area contributed by atoms with E-state index in [-0.39, 0.29) is 10.9 Å². The molecule has 1 atom stereocenters. The molecule has 0 heterocycles. The van der Waals surface area contributed by atoms with E-state index in [0.29, 0.717) is 5.75 Å². The van der Waals surface area contributed by atoms with Crippen LogP contribution < -0.4 is 0 Å². The summed E-state index contributed by atoms with van der Waals surface area (Å²) in [5.41, 5.74) is 0. The van der Waals surface area contributed by atoms with E-state index in [0.717, 1.165) is 5.75 Å². The van der Waals surface area contributed by atoms with Crippen molar-refractivity contribution in [2.45, 2.75) is 110 Å². The van der Waals surface area contributed by atoms with Crippen molar-refractivity contribution >= 4 is 16.9 Å². The first-order chi connectivity index (χ1) is 11.7. The first-order valence-electron chi connectivity index (χ1n) is 10.5. The second kappa shape index (κ2) is 19.1. The van der Waals surface area contributed by atoms with Gasteiger partial charge in [-0.15, -0.1) is 0 Å². The highest BCUT2D eigenvalue weighted by atomic mass is 32.2. The second-order valence-electron chi connectivity index (χ2n) is 7.33. The van der Waals surface area contributed by atoms with Gasteiger partial charge in [0.25, 0.3) is 0 Å². The average Bonchev–Trinajstić information content (AvgIpc) is 2.53. The molecular formula is C21H43O2S+. The monoisotopic (exact) mass is 359 g/mol. The van der Waals surface area contributed by atoms with Gasteiger partial charge in [-0.2, -0.15) is 0 Å². The predicted molar refractivity (Wildman–Crippen MR) is 110 cm³/mol. The van der Waals surface area contributed by atoms with E-state index in [2.05, 4.69) is 13.2 Å². The standard InChI is InChI=1S/C21H42O2S/c1-3-4-5-6-7-8-9-10-11-12-13-14-15-16-17-18-19-24(2)20-21(22)23/h3-20H2,1-2H3/p+1. The van der Waals surface area contributed by atoms with E-state index in [1.165, 1.54) is 103 Å². The molecule has 0 aliphatic rings. The molecule has 0 aliphatic carbocycles. The molecule has 0 aromatic carbocycles. The van der Waals surface area contributed by atoms with Crippen LogP contribution in [0.1, 0.15) is 110 Å². The Morgan fingerprint density at radius 1 is 0.667 bits per heavy atom. The number of carbonyl (C=O) groups is 1. The van der Waals surface area contributed by atoms with Crippen molar-refractivity contribution in [3.05, 3.63) is 0 Å². The van der Waals surface area contributed by atoms with Gasteiger partial charge in [0.1, 0.15) is 5.75 Å². The Morgan fingerprint density at radius 2 is 1.00 bits per heavy atom. The molecule has 0 rings (SSSR count). The zero-order chi connectivity index (χ0) is 17.9. The number of unbranched alkanes of at least 4 members (excludes halogenated alkanes) is 15. The fraction of sp³-hybridized carbons (Fsp3) is 0.952. The summed E-state index contributed by atoms with van der Waals surface area (Å²) in [4.78, 5) is 10.6. The molecule has 0 radical (unpaired) electrons. The Kier molecular flexibility index (Phi) is 19.0. The van der Waals surface area contributed by atoms with Gasteiger partial charge in [-0.1, -0.05) is 96.8 Å². The SMILES string of the molecule is CCCCCCCCCCCCCCCCCC[S+](C)CC(=O)O. The number of rotatable bonds is 19. The summed E-state index contributed by atoms with van der Waals surface area (Å²) in [5.74, 6) is 0.820. The van der Waals surface area contributed by atoms with Crippen LogP contribution in [0.5, 0.6) is 0 Å². The maximum absolute atomic E-state index is 10.6. The maximum atomic E-state index is 10.6. The zero-order valence-corrected chi connectivity index (χ0v) is 17.3. The number of hydrogen-bond acceptors (Lipinski definition) is 1. The lowest BCUT2D eigenvalue weighted by atomic mass is 10.0. The quantitative estimate of drug-likeness (QED) is 0.209. The van der Waals surface area contributed by atoms with Gasteiger partial charge in [-0.3, -0.25) is 0 Å². The summed E-state index contributed by atoms with van der Waals surface area (Å²) in [6.45, 7) is 2.28. The normalized spacial score (nSPS) is 12.4. The van der Waals surface area contributed by atoms with Crippen molar-refractivity contribution in [1.82, 2.24) is 0 Å². The zero-order valence-electron chi connectivity index (χ0n) is 16.5. The minimum Gasteiger partial charge on any atom is -0.478 e. The Balaban J connectivity index is 3.06. The molecule has 1 unspecified atom stereocenters. The maximum Gasteiger partial charge on any atom is 0.353 e. The topological polar surface area (TPSA) is 37.3 Å².